The first-order valence-corrected chi connectivity index (χ1v) is 14.8. The normalized spacial score (nSPS) is 13.5. The Kier molecular flexibility index (Phi) is 14.2. The number of nitrogens with zero attached hydrogens (tertiary/aromatic N) is 2. The van der Waals surface area contributed by atoms with Crippen molar-refractivity contribution < 1.29 is 21.2 Å². The Balaban J connectivity index is 0.00000481. The van der Waals surface area contributed by atoms with E-state index >= 15 is 0 Å². The van der Waals surface area contributed by atoms with Gasteiger partial charge in [0.25, 0.3) is 0 Å². The SMILES string of the molecule is CCCCCCc1ccc(C2=C(CCCC)C(CCCC)=C(c3cccc(CCCC)c3)[N+]2=[N-])cc1.[Ni]. The van der Waals surface area contributed by atoms with Gasteiger partial charge in [-0.2, -0.15) is 0 Å². The molecule has 0 atom stereocenters. The maximum atomic E-state index is 11.7. The van der Waals surface area contributed by atoms with Crippen molar-refractivity contribution in [3.8, 4) is 0 Å². The van der Waals surface area contributed by atoms with Crippen molar-refractivity contribution >= 4 is 11.4 Å². The van der Waals surface area contributed by atoms with Gasteiger partial charge in [-0.1, -0.05) is 90.5 Å². The number of hydrogen-bond acceptors (Lipinski definition) is 0. The van der Waals surface area contributed by atoms with Gasteiger partial charge in [0.1, 0.15) is 0 Å². The first-order chi connectivity index (χ1) is 17.6. The van der Waals surface area contributed by atoms with Crippen LogP contribution >= 0.6 is 0 Å². The first-order valence-electron chi connectivity index (χ1n) is 14.8. The molecule has 1 aliphatic heterocycles. The van der Waals surface area contributed by atoms with E-state index in [1.54, 1.807) is 0 Å². The largest absolute Gasteiger partial charge is 0.493 e. The van der Waals surface area contributed by atoms with Crippen molar-refractivity contribution in [2.75, 3.05) is 0 Å². The van der Waals surface area contributed by atoms with E-state index in [1.807, 2.05) is 0 Å². The zero-order valence-corrected chi connectivity index (χ0v) is 24.7. The van der Waals surface area contributed by atoms with E-state index in [-0.39, 0.29) is 16.5 Å². The fraction of sp³-hybridized carbons (Fsp3) is 0.529. The number of hydrogen-bond donors (Lipinski definition) is 0. The summed E-state index contributed by atoms with van der Waals surface area (Å²) in [5, 5.41) is 0. The van der Waals surface area contributed by atoms with E-state index in [1.165, 1.54) is 65.5 Å². The van der Waals surface area contributed by atoms with E-state index in [0.29, 0.717) is 0 Å². The minimum absolute atomic E-state index is 0. The standard InChI is InChI=1S/C34H48N2.Ni/c1-5-9-13-14-17-27-22-24-29(25-23-27)33-31(20-11-7-3)32(21-12-8-4)34(36(33)35)30-19-15-18-28(26-30)16-10-6-2;/h15,18-19,22-26H,5-14,16-17,20-21H2,1-4H3;. The minimum atomic E-state index is 0. The predicted octanol–water partition coefficient (Wildman–Crippen LogP) is 10.7. The molecule has 1 aliphatic rings. The van der Waals surface area contributed by atoms with Crippen molar-refractivity contribution in [1.82, 2.24) is 0 Å². The molecule has 0 saturated carbocycles. The quantitative estimate of drug-likeness (QED) is 0.114. The molecular weight excluding hydrogens is 495 g/mol. The van der Waals surface area contributed by atoms with Crippen LogP contribution < -0.4 is 0 Å². The third kappa shape index (κ3) is 8.51. The second kappa shape index (κ2) is 16.8. The van der Waals surface area contributed by atoms with E-state index in [0.717, 1.165) is 73.9 Å². The van der Waals surface area contributed by atoms with E-state index < -0.39 is 0 Å². The van der Waals surface area contributed by atoms with Crippen LogP contribution in [0.3, 0.4) is 0 Å². The molecule has 0 amide bonds. The third-order valence-electron chi connectivity index (χ3n) is 7.49. The average Bonchev–Trinajstić information content (AvgIpc) is 3.18. The molecule has 2 aromatic carbocycles. The molecular formula is C34H48N2Ni. The maximum absolute atomic E-state index is 11.7. The summed E-state index contributed by atoms with van der Waals surface area (Å²) in [6.07, 6.45) is 16.4. The summed E-state index contributed by atoms with van der Waals surface area (Å²) < 4.78 is 1.53. The topological polar surface area (TPSA) is 25.3 Å². The van der Waals surface area contributed by atoms with Crippen LogP contribution in [0.15, 0.2) is 59.7 Å². The van der Waals surface area contributed by atoms with Crippen molar-refractivity contribution in [2.24, 2.45) is 0 Å². The molecule has 0 unspecified atom stereocenters. The number of benzene rings is 2. The molecule has 0 aliphatic carbocycles. The van der Waals surface area contributed by atoms with E-state index in [4.69, 9.17) is 0 Å². The average molecular weight is 543 g/mol. The van der Waals surface area contributed by atoms with Crippen molar-refractivity contribution in [3.05, 3.63) is 87.5 Å². The summed E-state index contributed by atoms with van der Waals surface area (Å²) in [5.74, 6) is 0. The van der Waals surface area contributed by atoms with Crippen LogP contribution in [-0.2, 0) is 29.3 Å². The zero-order valence-electron chi connectivity index (χ0n) is 23.7. The van der Waals surface area contributed by atoms with Gasteiger partial charge in [-0.05, 0) is 86.8 Å². The van der Waals surface area contributed by atoms with Crippen molar-refractivity contribution in [2.45, 2.75) is 118 Å². The Bertz CT molecular complexity index is 1050. The Labute approximate surface area is 237 Å². The molecule has 0 N–H and O–H groups in total. The van der Waals surface area contributed by atoms with Crippen molar-refractivity contribution in [1.29, 1.82) is 0 Å². The summed E-state index contributed by atoms with van der Waals surface area (Å²) in [4.78, 5) is 0. The van der Waals surface area contributed by atoms with Crippen LogP contribution in [0, 0.1) is 0 Å². The van der Waals surface area contributed by atoms with E-state index in [2.05, 4.69) is 76.2 Å². The Morgan fingerprint density at radius 2 is 1.08 bits per heavy atom. The summed E-state index contributed by atoms with van der Waals surface area (Å²) in [5.41, 5.74) is 21.5. The van der Waals surface area contributed by atoms with Gasteiger partial charge in [-0.3, -0.25) is 0 Å². The molecule has 0 spiro atoms. The minimum Gasteiger partial charge on any atom is -0.493 e. The molecule has 204 valence electrons. The summed E-state index contributed by atoms with van der Waals surface area (Å²) in [7, 11) is 0. The van der Waals surface area contributed by atoms with Gasteiger partial charge >= 0.3 is 0 Å². The fourth-order valence-corrected chi connectivity index (χ4v) is 5.33. The fourth-order valence-electron chi connectivity index (χ4n) is 5.33. The molecule has 0 fully saturated rings. The molecule has 3 rings (SSSR count). The summed E-state index contributed by atoms with van der Waals surface area (Å²) >= 11 is 0. The van der Waals surface area contributed by atoms with Gasteiger partial charge in [-0.25, -0.2) is 4.70 Å². The number of rotatable bonds is 16. The number of aryl methyl sites for hydroxylation is 2. The van der Waals surface area contributed by atoms with Gasteiger partial charge in [0.2, 0.25) is 11.4 Å². The van der Waals surface area contributed by atoms with Crippen LogP contribution in [0.1, 0.15) is 127 Å². The second-order valence-corrected chi connectivity index (χ2v) is 10.5. The monoisotopic (exact) mass is 542 g/mol. The Morgan fingerprint density at radius 3 is 1.68 bits per heavy atom. The number of allylic oxidation sites excluding steroid dienone is 2. The predicted molar refractivity (Wildman–Crippen MR) is 156 cm³/mol. The van der Waals surface area contributed by atoms with Gasteiger partial charge < -0.3 is 5.53 Å². The molecule has 1 heterocycles. The molecule has 0 radical (unpaired) electrons. The third-order valence-corrected chi connectivity index (χ3v) is 7.49. The van der Waals surface area contributed by atoms with Gasteiger partial charge in [-0.15, -0.1) is 0 Å². The first kappa shape index (κ1) is 31.2. The molecule has 2 aromatic rings. The molecule has 37 heavy (non-hydrogen) atoms. The van der Waals surface area contributed by atoms with Crippen LogP contribution in [0.5, 0.6) is 0 Å². The summed E-state index contributed by atoms with van der Waals surface area (Å²) in [6, 6.07) is 17.9. The van der Waals surface area contributed by atoms with Gasteiger partial charge in [0.05, 0.1) is 0 Å². The molecule has 2 nitrogen and oxygen atoms in total. The van der Waals surface area contributed by atoms with Crippen LogP contribution in [0.4, 0.5) is 0 Å². The molecule has 3 heteroatoms. The summed E-state index contributed by atoms with van der Waals surface area (Å²) in [6.45, 7) is 9.02. The number of unbranched alkanes of at least 4 members (excludes halogenated alkanes) is 6. The van der Waals surface area contributed by atoms with Crippen LogP contribution in [0.25, 0.3) is 16.9 Å². The zero-order chi connectivity index (χ0) is 25.8. The Hall–Kier alpha value is -1.99. The molecule has 0 aromatic heterocycles. The Morgan fingerprint density at radius 1 is 0.541 bits per heavy atom. The molecule has 0 bridgehead atoms. The van der Waals surface area contributed by atoms with E-state index in [9.17, 15) is 5.53 Å². The van der Waals surface area contributed by atoms with Crippen LogP contribution in [0.2, 0.25) is 0 Å². The molecule has 0 saturated heterocycles. The van der Waals surface area contributed by atoms with Crippen LogP contribution in [-0.4, -0.2) is 4.70 Å². The smallest absolute Gasteiger partial charge is 0.211 e. The van der Waals surface area contributed by atoms with Gasteiger partial charge in [0.15, 0.2) is 0 Å². The van der Waals surface area contributed by atoms with Crippen molar-refractivity contribution in [3.63, 3.8) is 0 Å². The maximum Gasteiger partial charge on any atom is 0.211 e. The second-order valence-electron chi connectivity index (χ2n) is 10.5. The van der Waals surface area contributed by atoms with Gasteiger partial charge in [0, 0.05) is 38.8 Å².